The molecule has 6 bridgehead atoms. The van der Waals surface area contributed by atoms with E-state index >= 15 is 26.3 Å². The number of anilines is 2. The van der Waals surface area contributed by atoms with Gasteiger partial charge in [-0.3, -0.25) is 5.01 Å². The maximum atomic E-state index is 15.2. The maximum absolute atomic E-state index is 15.2. The van der Waals surface area contributed by atoms with Crippen LogP contribution in [0, 0.1) is 198 Å². The zero-order valence-corrected chi connectivity index (χ0v) is 60.7. The highest BCUT2D eigenvalue weighted by Crippen LogP contribution is 2.61. The Balaban J connectivity index is 0.000000164. The predicted molar refractivity (Wildman–Crippen MR) is 374 cm³/mol. The molecule has 5 saturated carbocycles. The van der Waals surface area contributed by atoms with Gasteiger partial charge in [-0.05, 0) is 159 Å². The molecule has 0 amide bonds. The normalized spacial score (nSPS) is 25.5. The lowest BCUT2D eigenvalue weighted by atomic mass is 9.90. The Morgan fingerprint density at radius 1 is 0.536 bits per heavy atom. The van der Waals surface area contributed by atoms with Gasteiger partial charge in [-0.25, -0.2) is 73.1 Å². The number of ether oxygens (including phenoxy) is 3. The molecule has 2 N–H and O–H groups in total. The molecule has 6 aliphatic carbocycles. The molecule has 10 unspecified atom stereocenters. The van der Waals surface area contributed by atoms with Gasteiger partial charge >= 0.3 is 0 Å². The summed E-state index contributed by atoms with van der Waals surface area (Å²) in [5.74, 6) is -17.3. The first kappa shape index (κ1) is 79.8. The highest BCUT2D eigenvalue weighted by molar-refractivity contribution is 6.63. The first-order valence-corrected chi connectivity index (χ1v) is 34.6. The summed E-state index contributed by atoms with van der Waals surface area (Å²) in [6.45, 7) is 23.3. The van der Waals surface area contributed by atoms with Gasteiger partial charge in [-0.1, -0.05) is 70.3 Å². The zero-order chi connectivity index (χ0) is 81.6. The summed E-state index contributed by atoms with van der Waals surface area (Å²) in [4.78, 5) is 9.76. The third-order valence-corrected chi connectivity index (χ3v) is 20.9. The highest BCUT2D eigenvalue weighted by atomic mass is 35.6. The number of azide groups is 1. The molecule has 5 aliphatic heterocycles. The van der Waals surface area contributed by atoms with Gasteiger partial charge in [0.05, 0.1) is 55.4 Å². The van der Waals surface area contributed by atoms with Gasteiger partial charge in [-0.15, -0.1) is 0 Å². The Hall–Kier alpha value is -11.3. The number of hydrazine groups is 2. The minimum atomic E-state index is -1.89. The molecular weight excluding hydrogens is 1520 g/mol. The third-order valence-electron chi connectivity index (χ3n) is 20.9. The van der Waals surface area contributed by atoms with Crippen molar-refractivity contribution in [2.45, 2.75) is 145 Å². The molecule has 11 aliphatic rings. The van der Waals surface area contributed by atoms with E-state index < -0.39 is 141 Å². The van der Waals surface area contributed by atoms with Crippen LogP contribution in [-0.2, 0) is 14.2 Å². The number of hydrogen-bond donors (Lipinski definition) is 2. The first-order valence-electron chi connectivity index (χ1n) is 34.0. The van der Waals surface area contributed by atoms with Gasteiger partial charge in [0.2, 0.25) is 5.70 Å². The number of hydrogen-bond acceptors (Lipinski definition) is 15. The van der Waals surface area contributed by atoms with Gasteiger partial charge < -0.3 is 19.1 Å². The van der Waals surface area contributed by atoms with Crippen molar-refractivity contribution in [1.82, 2.24) is 11.0 Å². The first-order chi connectivity index (χ1) is 52.4. The van der Waals surface area contributed by atoms with E-state index in [0.29, 0.717) is 23.8 Å². The number of halogens is 15. The van der Waals surface area contributed by atoms with E-state index in [9.17, 15) is 36.9 Å². The van der Waals surface area contributed by atoms with E-state index in [1.165, 1.54) is 65.7 Å². The van der Waals surface area contributed by atoms with E-state index in [4.69, 9.17) is 95.4 Å². The van der Waals surface area contributed by atoms with Crippen LogP contribution in [0.4, 0.5) is 69.7 Å². The van der Waals surface area contributed by atoms with Crippen molar-refractivity contribution in [2.75, 3.05) is 9.91 Å². The maximum Gasteiger partial charge on any atom is 0.292 e. The van der Waals surface area contributed by atoms with Crippen LogP contribution in [0.5, 0.6) is 0 Å². The second-order valence-corrected chi connectivity index (χ2v) is 29.9. The van der Waals surface area contributed by atoms with Crippen molar-refractivity contribution in [1.29, 1.82) is 36.8 Å². The standard InChI is InChI=1S/C25H20F4N6O.C25H18F4N4O.C18H8F4N6O.C7H10.CHCl3/c1-25(2)16(15(10-32)24(36-25)13(8-30)9-31)6-5-14-17(26)19(28)23(20(29)18(14)27)35-22-12-4-3-11(7-12)21(22)33-34-35;1-25(2)16(15(10-32)24(34-25)13(8-30)9-31)6-5-14-17(26)19(28)23(20(29)18(14)27)33-21-11-3-4-12(7-11)22(21)33;1-18(2)9(15(26-4)17(29-18)10(7-23)25-3)6-5-8-11(19)13(21)16(27-28-24)14(22)12(8)20;1-2-7-4-3-6(1)5-7;2-1(3)4/h5-6,11-12,21-22,33-34H,3-4,7H2,1-2H3;5-6,11-12,21-22H,3-4,7H2,1-2H3;5-6H,1-2H3;1-2,6-7H,3-5H2;1H/b2*6-5+;6-5+,17-10+;;/i;;;;1D. The topological polar surface area (TPSA) is 282 Å². The average molecular weight is 1580 g/mol. The molecule has 564 valence electrons. The molecule has 5 heterocycles. The van der Waals surface area contributed by atoms with E-state index in [1.54, 1.807) is 30.3 Å². The lowest BCUT2D eigenvalue weighted by Crippen LogP contribution is -2.44. The third kappa shape index (κ3) is 14.8. The van der Waals surface area contributed by atoms with Crippen molar-refractivity contribution in [3.63, 3.8) is 0 Å². The number of nitrogens with one attached hydrogen (secondary N) is 2. The van der Waals surface area contributed by atoms with Crippen LogP contribution in [0.1, 0.15) is 117 Å². The Bertz CT molecular complexity index is 5130. The fourth-order valence-electron chi connectivity index (χ4n) is 16.1. The summed E-state index contributed by atoms with van der Waals surface area (Å²) < 4.78 is 198. The van der Waals surface area contributed by atoms with Crippen LogP contribution in [0.3, 0.4) is 0 Å². The van der Waals surface area contributed by atoms with Crippen LogP contribution in [0.15, 0.2) is 103 Å². The predicted octanol–water partition coefficient (Wildman–Crippen LogP) is 19.1. The fourth-order valence-corrected chi connectivity index (χ4v) is 16.1. The molecule has 10 atom stereocenters. The van der Waals surface area contributed by atoms with Crippen LogP contribution >= 0.6 is 34.8 Å². The molecule has 110 heavy (non-hydrogen) atoms. The molecule has 3 aromatic carbocycles. The number of benzene rings is 3. The second-order valence-electron chi connectivity index (χ2n) is 28.1. The number of alkyl halides is 3. The molecular formula is C76H57Cl3F12N16O3. The summed E-state index contributed by atoms with van der Waals surface area (Å²) in [7, 11) is 0. The number of nitriles is 7. The molecule has 7 fully saturated rings. The number of allylic oxidation sites excluding steroid dienone is 7. The Labute approximate surface area is 638 Å². The second kappa shape index (κ2) is 32.1. The lowest BCUT2D eigenvalue weighted by Gasteiger charge is -2.31. The average Bonchev–Trinajstić information content (AvgIpc) is 1.52. The molecule has 34 heteroatoms. The van der Waals surface area contributed by atoms with E-state index in [1.807, 2.05) is 12.1 Å². The zero-order valence-electron chi connectivity index (χ0n) is 59.4. The van der Waals surface area contributed by atoms with Gasteiger partial charge in [0.1, 0.15) is 87.2 Å². The van der Waals surface area contributed by atoms with Gasteiger partial charge in [0.15, 0.2) is 96.7 Å². The number of nitrogens with zero attached hydrogens (tertiary/aromatic N) is 14. The van der Waals surface area contributed by atoms with Gasteiger partial charge in [0, 0.05) is 27.7 Å². The van der Waals surface area contributed by atoms with E-state index in [0.717, 1.165) is 85.7 Å². The van der Waals surface area contributed by atoms with Gasteiger partial charge in [0.25, 0.3) is 5.70 Å². The number of fused-ring (bicyclic) bond motifs is 12. The van der Waals surface area contributed by atoms with Gasteiger partial charge in [-0.2, -0.15) is 37.1 Å². The quantitative estimate of drug-likeness (QED) is 0.0193. The van der Waals surface area contributed by atoms with E-state index in [2.05, 4.69) is 42.8 Å². The van der Waals surface area contributed by atoms with Crippen LogP contribution in [0.2, 0.25) is 0 Å². The van der Waals surface area contributed by atoms with Crippen LogP contribution < -0.4 is 20.9 Å². The summed E-state index contributed by atoms with van der Waals surface area (Å²) in [6, 6.07) is 11.2. The SMILES string of the molecule is C1=CC2CCC1C2.CC1(C)OC(=C(C#N)C#N)C(C#N)=C1/C=C/c1c(F)c(F)c(N2C3C4CCC(C4)C32)c(F)c1F.CC1(C)OC(=C(C#N)C#N)C(C#N)=C1/C=C/c1c(F)c(F)c(N2NNC3C4CCC(C4)C32)c(F)c1F.[2H]C(Cl)(Cl)Cl.[C-]#[N+]C1=C(/C=C/c2c(F)c(F)c(N=[N+]=[N-])c(F)c2F)C(C)(C)O/C1=C(\C#N)[N+]#[C-]. The van der Waals surface area contributed by atoms with Crippen molar-refractivity contribution in [3.05, 3.63) is 218 Å². The molecule has 2 saturated heterocycles. The molecule has 3 aromatic rings. The van der Waals surface area contributed by atoms with Crippen molar-refractivity contribution < 1.29 is 68.3 Å². The van der Waals surface area contributed by atoms with Crippen molar-refractivity contribution >= 4 is 70.1 Å². The fraction of sp³-hybridized carbons (Fsp3) is 0.382. The van der Waals surface area contributed by atoms with E-state index in [-0.39, 0.29) is 80.9 Å². The number of rotatable bonds is 9. The summed E-state index contributed by atoms with van der Waals surface area (Å²) in [6.07, 6.45) is 20.4. The lowest BCUT2D eigenvalue weighted by molar-refractivity contribution is 0.0949. The summed E-state index contributed by atoms with van der Waals surface area (Å²) in [5.41, 5.74) is 2.42. The number of piperidine rings is 1. The van der Waals surface area contributed by atoms with Crippen LogP contribution in [0.25, 0.3) is 38.4 Å². The minimum absolute atomic E-state index is 0.0256. The molecule has 14 rings (SSSR count). The minimum Gasteiger partial charge on any atom is -0.505 e. The Morgan fingerprint density at radius 2 is 0.909 bits per heavy atom. The smallest absolute Gasteiger partial charge is 0.292 e. The molecule has 0 spiro atoms. The molecule has 0 radical (unpaired) electrons. The Morgan fingerprint density at radius 3 is 1.27 bits per heavy atom. The molecule has 19 nitrogen and oxygen atoms in total. The summed E-state index contributed by atoms with van der Waals surface area (Å²) >= 11 is 14.2. The monoisotopic (exact) mass is 1580 g/mol. The molecule has 0 aromatic heterocycles. The highest BCUT2D eigenvalue weighted by Gasteiger charge is 2.65. The Kier molecular flexibility index (Phi) is 23.3. The van der Waals surface area contributed by atoms with Crippen molar-refractivity contribution in [3.8, 4) is 42.5 Å². The van der Waals surface area contributed by atoms with Crippen LogP contribution in [-0.4, -0.2) is 45.2 Å². The van der Waals surface area contributed by atoms with Crippen molar-refractivity contribution in [2.24, 2.45) is 40.6 Å². The largest absolute Gasteiger partial charge is 0.505 e. The summed E-state index contributed by atoms with van der Waals surface area (Å²) in [5, 5.41) is 68.4.